The van der Waals surface area contributed by atoms with Gasteiger partial charge in [0.05, 0.1) is 13.2 Å². The number of carbonyl (C=O) groups excluding carboxylic acids is 1. The van der Waals surface area contributed by atoms with Crippen molar-refractivity contribution in [2.75, 3.05) is 19.8 Å². The Labute approximate surface area is 303 Å². The minimum absolute atomic E-state index is 0.185. The van der Waals surface area contributed by atoms with Crippen molar-refractivity contribution in [3.8, 4) is 0 Å². The highest BCUT2D eigenvalue weighted by Crippen LogP contribution is 2.12. The van der Waals surface area contributed by atoms with Gasteiger partial charge in [0.2, 0.25) is 0 Å². The second kappa shape index (κ2) is 41.7. The van der Waals surface area contributed by atoms with Crippen molar-refractivity contribution in [2.24, 2.45) is 0 Å². The van der Waals surface area contributed by atoms with E-state index in [1.165, 1.54) is 77.0 Å². The van der Waals surface area contributed by atoms with Gasteiger partial charge in [0.15, 0.2) is 0 Å². The lowest BCUT2D eigenvalue weighted by atomic mass is 10.1. The van der Waals surface area contributed by atoms with Gasteiger partial charge >= 0.3 is 5.97 Å². The third-order valence-electron chi connectivity index (χ3n) is 8.22. The van der Waals surface area contributed by atoms with E-state index >= 15 is 0 Å². The molecule has 0 aliphatic carbocycles. The van der Waals surface area contributed by atoms with E-state index in [4.69, 9.17) is 9.47 Å². The molecule has 0 radical (unpaired) electrons. The Morgan fingerprint density at radius 2 is 0.857 bits per heavy atom. The molecular formula is C45H76O4. The third-order valence-corrected chi connectivity index (χ3v) is 8.22. The van der Waals surface area contributed by atoms with Crippen LogP contribution < -0.4 is 0 Å². The molecule has 0 spiro atoms. The van der Waals surface area contributed by atoms with Crippen molar-refractivity contribution >= 4 is 5.97 Å². The van der Waals surface area contributed by atoms with Gasteiger partial charge in [-0.1, -0.05) is 163 Å². The predicted octanol–water partition coefficient (Wildman–Crippen LogP) is 13.2. The fraction of sp³-hybridized carbons (Fsp3) is 0.667. The molecule has 0 saturated carbocycles. The zero-order valence-corrected chi connectivity index (χ0v) is 31.9. The number of hydrogen-bond acceptors (Lipinski definition) is 4. The molecule has 0 aromatic carbocycles. The molecule has 0 rings (SSSR count). The van der Waals surface area contributed by atoms with Gasteiger partial charge in [-0.3, -0.25) is 4.79 Å². The topological polar surface area (TPSA) is 55.8 Å². The molecular weight excluding hydrogens is 604 g/mol. The number of carbonyl (C=O) groups is 1. The van der Waals surface area contributed by atoms with Crippen molar-refractivity contribution in [1.82, 2.24) is 0 Å². The predicted molar refractivity (Wildman–Crippen MR) is 214 cm³/mol. The SMILES string of the molecule is CC/C=C\C/C=C\C/C=C\C/C=C\CCCCCCCCCCC(=O)OC(CO)COCCCCCCCC/C=C\C/C=C\C/C=C\CC. The van der Waals surface area contributed by atoms with Crippen LogP contribution in [0.2, 0.25) is 0 Å². The van der Waals surface area contributed by atoms with Crippen LogP contribution in [0.4, 0.5) is 0 Å². The average molecular weight is 681 g/mol. The van der Waals surface area contributed by atoms with Crippen molar-refractivity contribution < 1.29 is 19.4 Å². The minimum Gasteiger partial charge on any atom is -0.457 e. The van der Waals surface area contributed by atoms with Gasteiger partial charge in [-0.05, 0) is 83.5 Å². The molecule has 0 amide bonds. The van der Waals surface area contributed by atoms with Gasteiger partial charge in [-0.2, -0.15) is 0 Å². The molecule has 4 heteroatoms. The molecule has 0 aromatic rings. The molecule has 0 bridgehead atoms. The lowest BCUT2D eigenvalue weighted by molar-refractivity contribution is -0.154. The van der Waals surface area contributed by atoms with E-state index in [-0.39, 0.29) is 19.2 Å². The van der Waals surface area contributed by atoms with E-state index in [9.17, 15) is 9.90 Å². The first-order valence-corrected chi connectivity index (χ1v) is 20.2. The minimum atomic E-state index is -0.550. The van der Waals surface area contributed by atoms with Crippen LogP contribution in [0.15, 0.2) is 85.1 Å². The third kappa shape index (κ3) is 39.9. The number of esters is 1. The standard InChI is InChI=1S/C45H76O4/c1-3-5-7-9-11-13-15-17-19-21-22-23-24-25-26-28-30-32-34-36-38-40-45(47)49-44(42-46)43-48-41-39-37-35-33-31-29-27-20-18-16-14-12-10-8-6-4-2/h5-8,11-14,17-20,22-23,44,46H,3-4,9-10,15-16,21,24-43H2,1-2H3/b7-5-,8-6-,13-11-,14-12-,19-17-,20-18-,23-22-. The second-order valence-corrected chi connectivity index (χ2v) is 12.9. The summed E-state index contributed by atoms with van der Waals surface area (Å²) in [5.74, 6) is -0.218. The number of allylic oxidation sites excluding steroid dienone is 14. The Kier molecular flexibility index (Phi) is 39.7. The Balaban J connectivity index is 3.51. The number of unbranched alkanes of at least 4 members (excludes halogenated alkanes) is 14. The molecule has 280 valence electrons. The maximum Gasteiger partial charge on any atom is 0.306 e. The van der Waals surface area contributed by atoms with Gasteiger partial charge < -0.3 is 14.6 Å². The lowest BCUT2D eigenvalue weighted by Crippen LogP contribution is -2.27. The van der Waals surface area contributed by atoms with E-state index in [1.54, 1.807) is 0 Å². The normalized spacial score (nSPS) is 13.3. The van der Waals surface area contributed by atoms with Crippen molar-refractivity contribution in [3.63, 3.8) is 0 Å². The van der Waals surface area contributed by atoms with E-state index in [2.05, 4.69) is 98.9 Å². The van der Waals surface area contributed by atoms with Crippen LogP contribution in [0.1, 0.15) is 168 Å². The molecule has 0 fully saturated rings. The molecule has 1 atom stereocenters. The Hall–Kier alpha value is -2.43. The largest absolute Gasteiger partial charge is 0.457 e. The van der Waals surface area contributed by atoms with E-state index in [0.29, 0.717) is 13.0 Å². The molecule has 0 saturated heterocycles. The maximum atomic E-state index is 12.2. The molecule has 4 nitrogen and oxygen atoms in total. The van der Waals surface area contributed by atoms with Crippen LogP contribution in [-0.2, 0) is 14.3 Å². The molecule has 49 heavy (non-hydrogen) atoms. The van der Waals surface area contributed by atoms with Gasteiger partial charge in [-0.25, -0.2) is 0 Å². The highest BCUT2D eigenvalue weighted by Gasteiger charge is 2.13. The summed E-state index contributed by atoms with van der Waals surface area (Å²) in [6, 6.07) is 0. The summed E-state index contributed by atoms with van der Waals surface area (Å²) in [6.45, 7) is 5.07. The first kappa shape index (κ1) is 46.6. The van der Waals surface area contributed by atoms with E-state index in [1.807, 2.05) is 0 Å². The smallest absolute Gasteiger partial charge is 0.306 e. The zero-order chi connectivity index (χ0) is 35.6. The van der Waals surface area contributed by atoms with Crippen LogP contribution in [-0.4, -0.2) is 37.0 Å². The first-order chi connectivity index (χ1) is 24.2. The quantitative estimate of drug-likeness (QED) is 0.0406. The summed E-state index contributed by atoms with van der Waals surface area (Å²) < 4.78 is 11.1. The zero-order valence-electron chi connectivity index (χ0n) is 31.9. The van der Waals surface area contributed by atoms with Crippen LogP contribution >= 0.6 is 0 Å². The van der Waals surface area contributed by atoms with Gasteiger partial charge in [-0.15, -0.1) is 0 Å². The fourth-order valence-electron chi connectivity index (χ4n) is 5.27. The first-order valence-electron chi connectivity index (χ1n) is 20.2. The molecule has 0 aliphatic heterocycles. The molecule has 0 aromatic heterocycles. The summed E-state index contributed by atoms with van der Waals surface area (Å²) in [7, 11) is 0. The lowest BCUT2D eigenvalue weighted by Gasteiger charge is -2.15. The highest BCUT2D eigenvalue weighted by atomic mass is 16.6. The second-order valence-electron chi connectivity index (χ2n) is 12.9. The molecule has 0 heterocycles. The van der Waals surface area contributed by atoms with Gasteiger partial charge in [0.25, 0.3) is 0 Å². The number of hydrogen-bond donors (Lipinski definition) is 1. The maximum absolute atomic E-state index is 12.2. The highest BCUT2D eigenvalue weighted by molar-refractivity contribution is 5.69. The average Bonchev–Trinajstić information content (AvgIpc) is 3.11. The van der Waals surface area contributed by atoms with Crippen LogP contribution in [0.25, 0.3) is 0 Å². The van der Waals surface area contributed by atoms with Crippen LogP contribution in [0, 0.1) is 0 Å². The molecule has 0 aliphatic rings. The molecule has 1 N–H and O–H groups in total. The fourth-order valence-corrected chi connectivity index (χ4v) is 5.27. The van der Waals surface area contributed by atoms with Crippen molar-refractivity contribution in [1.29, 1.82) is 0 Å². The number of aliphatic hydroxyl groups is 1. The summed E-state index contributed by atoms with van der Waals surface area (Å²) >= 11 is 0. The van der Waals surface area contributed by atoms with Crippen LogP contribution in [0.3, 0.4) is 0 Å². The summed E-state index contributed by atoms with van der Waals surface area (Å²) in [5, 5.41) is 9.59. The Morgan fingerprint density at radius 3 is 1.29 bits per heavy atom. The number of rotatable bonds is 36. The van der Waals surface area contributed by atoms with Gasteiger partial charge in [0, 0.05) is 13.0 Å². The summed E-state index contributed by atoms with van der Waals surface area (Å²) in [6.07, 6.45) is 57.7. The van der Waals surface area contributed by atoms with Crippen LogP contribution in [0.5, 0.6) is 0 Å². The number of ether oxygens (including phenoxy) is 2. The Bertz CT molecular complexity index is 892. The van der Waals surface area contributed by atoms with Crippen molar-refractivity contribution in [3.05, 3.63) is 85.1 Å². The Morgan fingerprint density at radius 1 is 0.490 bits per heavy atom. The number of aliphatic hydroxyl groups excluding tert-OH is 1. The monoisotopic (exact) mass is 681 g/mol. The van der Waals surface area contributed by atoms with Crippen molar-refractivity contribution in [2.45, 2.75) is 174 Å². The molecule has 1 unspecified atom stereocenters. The summed E-state index contributed by atoms with van der Waals surface area (Å²) in [4.78, 5) is 12.2. The van der Waals surface area contributed by atoms with E-state index in [0.717, 1.165) is 70.6 Å². The summed E-state index contributed by atoms with van der Waals surface area (Å²) in [5.41, 5.74) is 0. The van der Waals surface area contributed by atoms with E-state index < -0.39 is 6.10 Å². The van der Waals surface area contributed by atoms with Gasteiger partial charge in [0.1, 0.15) is 6.10 Å².